The molecule has 3 fully saturated rings. The molecule has 0 aromatic heterocycles. The van der Waals surface area contributed by atoms with Gasteiger partial charge in [-0.2, -0.15) is 5.01 Å². The lowest BCUT2D eigenvalue weighted by Gasteiger charge is -2.36. The second kappa shape index (κ2) is 10.8. The number of ketones is 1. The van der Waals surface area contributed by atoms with E-state index in [1.54, 1.807) is 0 Å². The van der Waals surface area contributed by atoms with E-state index >= 15 is 0 Å². The zero-order chi connectivity index (χ0) is 27.5. The van der Waals surface area contributed by atoms with Crippen LogP contribution in [0.2, 0.25) is 10.0 Å². The van der Waals surface area contributed by atoms with Gasteiger partial charge in [0.25, 0.3) is 17.7 Å². The first kappa shape index (κ1) is 28.0. The van der Waals surface area contributed by atoms with Gasteiger partial charge in [-0.1, -0.05) is 55.1 Å². The van der Waals surface area contributed by atoms with Crippen LogP contribution in [0.4, 0.5) is 4.39 Å². The van der Waals surface area contributed by atoms with Crippen molar-refractivity contribution < 1.29 is 23.6 Å². The summed E-state index contributed by atoms with van der Waals surface area (Å²) in [7, 11) is 0. The van der Waals surface area contributed by atoms with Crippen LogP contribution in [0.5, 0.6) is 0 Å². The third-order valence-electron chi connectivity index (χ3n) is 7.66. The van der Waals surface area contributed by atoms with Gasteiger partial charge < -0.3 is 0 Å². The van der Waals surface area contributed by atoms with Crippen molar-refractivity contribution in [2.45, 2.75) is 28.5 Å². The molecule has 2 aromatic carbocycles. The molecule has 12 heteroatoms. The lowest BCUT2D eigenvalue weighted by molar-refractivity contribution is -0.157. The van der Waals surface area contributed by atoms with Crippen LogP contribution in [-0.4, -0.2) is 55.1 Å². The number of hydrogen-bond acceptors (Lipinski definition) is 4. The number of amides is 3. The van der Waals surface area contributed by atoms with Gasteiger partial charge >= 0.3 is 0 Å². The van der Waals surface area contributed by atoms with Gasteiger partial charge in [-0.3, -0.25) is 19.2 Å². The number of carbonyl (C=O) groups excluding carboxylic acids is 4. The van der Waals surface area contributed by atoms with Crippen LogP contribution >= 0.6 is 66.7 Å². The standard InChI is InChI=1S/C26H20Br2Cl3FN2O4/c27-21-14-10-15(22(21)28)20-19(14)25(37)34(26(20)38)33(24(36)12-3-6-16(30)17(31)9-12)18(7-8-29)23(35)11-1-4-13(32)5-2-11/h1-6,9,14-15,18-22H,7-8,10H2/t14-,15-,18+,19-,20-,21+,22+/m1/s1. The summed E-state index contributed by atoms with van der Waals surface area (Å²) in [4.78, 5) is 55.5. The Kier molecular flexibility index (Phi) is 7.97. The lowest BCUT2D eigenvalue weighted by Crippen LogP contribution is -2.58. The number of alkyl halides is 3. The molecule has 2 bridgehead atoms. The van der Waals surface area contributed by atoms with E-state index in [-0.39, 0.29) is 55.0 Å². The van der Waals surface area contributed by atoms with Crippen molar-refractivity contribution in [2.75, 3.05) is 5.88 Å². The number of hydrogen-bond donors (Lipinski definition) is 0. The fourth-order valence-corrected chi connectivity index (χ4v) is 8.33. The highest BCUT2D eigenvalue weighted by Gasteiger charge is 2.68. The molecule has 1 saturated heterocycles. The van der Waals surface area contributed by atoms with Crippen molar-refractivity contribution in [3.63, 3.8) is 0 Å². The maximum atomic E-state index is 14.0. The normalized spacial score (nSPS) is 28.5. The highest BCUT2D eigenvalue weighted by atomic mass is 79.9. The molecule has 3 amide bonds. The monoisotopic (exact) mass is 706 g/mol. The predicted molar refractivity (Wildman–Crippen MR) is 148 cm³/mol. The smallest absolute Gasteiger partial charge is 0.273 e. The Bertz CT molecular complexity index is 1300. The van der Waals surface area contributed by atoms with E-state index in [0.717, 1.165) is 22.2 Å². The molecule has 7 atom stereocenters. The van der Waals surface area contributed by atoms with E-state index in [1.807, 2.05) is 0 Å². The minimum absolute atomic E-state index is 0.0100. The summed E-state index contributed by atoms with van der Waals surface area (Å²) < 4.78 is 13.6. The Morgan fingerprint density at radius 1 is 0.947 bits per heavy atom. The van der Waals surface area contributed by atoms with Gasteiger partial charge in [0.2, 0.25) is 0 Å². The SMILES string of the molecule is O=C(c1ccc(F)cc1)[C@H](CCCl)N(C(=O)c1ccc(Cl)c(Cl)c1)N1C(=O)[C@@H]2[C@H]3C[C@@H]([C@H](Br)[C@H]3Br)[C@H]2C1=O. The summed E-state index contributed by atoms with van der Waals surface area (Å²) in [6.07, 6.45) is 0.638. The van der Waals surface area contributed by atoms with Gasteiger partial charge in [0.1, 0.15) is 11.9 Å². The number of nitrogens with zero attached hydrogens (tertiary/aromatic N) is 2. The molecule has 0 radical (unpaired) electrons. The first-order valence-corrected chi connectivity index (χ1v) is 15.0. The van der Waals surface area contributed by atoms with Gasteiger partial charge in [0, 0.05) is 26.7 Å². The van der Waals surface area contributed by atoms with Gasteiger partial charge in [0.05, 0.1) is 21.9 Å². The molecular weight excluding hydrogens is 689 g/mol. The number of carbonyl (C=O) groups is 4. The van der Waals surface area contributed by atoms with Crippen LogP contribution in [0, 0.1) is 29.5 Å². The van der Waals surface area contributed by atoms with Crippen LogP contribution in [-0.2, 0) is 9.59 Å². The number of rotatable bonds is 7. The second-order valence-electron chi connectivity index (χ2n) is 9.64. The highest BCUT2D eigenvalue weighted by molar-refractivity contribution is 9.12. The molecule has 1 aliphatic heterocycles. The molecular formula is C26H20Br2Cl3FN2O4. The van der Waals surface area contributed by atoms with Crippen molar-refractivity contribution in [1.29, 1.82) is 0 Å². The molecule has 3 aliphatic rings. The van der Waals surface area contributed by atoms with Crippen LogP contribution in [0.25, 0.3) is 0 Å². The summed E-state index contributed by atoms with van der Waals surface area (Å²) in [5.74, 6) is -4.46. The van der Waals surface area contributed by atoms with E-state index < -0.39 is 47.2 Å². The first-order chi connectivity index (χ1) is 18.1. The van der Waals surface area contributed by atoms with Crippen LogP contribution in [0.15, 0.2) is 42.5 Å². The van der Waals surface area contributed by atoms with E-state index in [2.05, 4.69) is 31.9 Å². The maximum absolute atomic E-state index is 14.0. The molecule has 0 unspecified atom stereocenters. The van der Waals surface area contributed by atoms with Crippen molar-refractivity contribution in [3.05, 3.63) is 69.5 Å². The van der Waals surface area contributed by atoms with Crippen molar-refractivity contribution in [3.8, 4) is 0 Å². The fraction of sp³-hybridized carbons (Fsp3) is 0.385. The van der Waals surface area contributed by atoms with Gasteiger partial charge in [-0.15, -0.1) is 11.6 Å². The Hall–Kier alpha value is -1.52. The van der Waals surface area contributed by atoms with Crippen LogP contribution in [0.3, 0.4) is 0 Å². The van der Waals surface area contributed by atoms with E-state index in [0.29, 0.717) is 6.42 Å². The van der Waals surface area contributed by atoms with Crippen molar-refractivity contribution in [1.82, 2.24) is 10.0 Å². The molecule has 2 saturated carbocycles. The summed E-state index contributed by atoms with van der Waals surface area (Å²) in [6, 6.07) is 7.64. The van der Waals surface area contributed by atoms with Crippen molar-refractivity contribution in [2.24, 2.45) is 23.7 Å². The number of benzene rings is 2. The fourth-order valence-electron chi connectivity index (χ4n) is 5.95. The molecule has 2 aromatic rings. The Morgan fingerprint density at radius 3 is 2.03 bits per heavy atom. The van der Waals surface area contributed by atoms with E-state index in [4.69, 9.17) is 34.8 Å². The molecule has 2 aliphatic carbocycles. The summed E-state index contributed by atoms with van der Waals surface area (Å²) in [5, 5.41) is 2.06. The Balaban J connectivity index is 1.61. The minimum Gasteiger partial charge on any atom is -0.292 e. The van der Waals surface area contributed by atoms with E-state index in [1.165, 1.54) is 30.3 Å². The van der Waals surface area contributed by atoms with Crippen molar-refractivity contribution >= 4 is 90.2 Å². The third kappa shape index (κ3) is 4.52. The van der Waals surface area contributed by atoms with Gasteiger partial charge in [-0.05, 0) is 67.1 Å². The first-order valence-electron chi connectivity index (χ1n) is 11.9. The molecule has 200 valence electrons. The average molecular weight is 710 g/mol. The predicted octanol–water partition coefficient (Wildman–Crippen LogP) is 6.15. The molecule has 0 N–H and O–H groups in total. The Labute approximate surface area is 250 Å². The largest absolute Gasteiger partial charge is 0.292 e. The zero-order valence-corrected chi connectivity index (χ0v) is 24.9. The van der Waals surface area contributed by atoms with Crippen LogP contribution < -0.4 is 0 Å². The molecule has 5 rings (SSSR count). The maximum Gasteiger partial charge on any atom is 0.273 e. The topological polar surface area (TPSA) is 74.8 Å². The number of imide groups is 1. The number of Topliss-reactive ketones (excluding diaryl/α,β-unsaturated/α-hetero) is 1. The third-order valence-corrected chi connectivity index (χ3v) is 11.8. The van der Waals surface area contributed by atoms with Gasteiger partial charge in [-0.25, -0.2) is 9.40 Å². The Morgan fingerprint density at radius 2 is 1.50 bits per heavy atom. The summed E-state index contributed by atoms with van der Waals surface area (Å²) in [5.41, 5.74) is 0.136. The zero-order valence-electron chi connectivity index (χ0n) is 19.5. The van der Waals surface area contributed by atoms with Crippen LogP contribution in [0.1, 0.15) is 33.6 Å². The molecule has 6 nitrogen and oxygen atoms in total. The number of halogens is 6. The van der Waals surface area contributed by atoms with E-state index in [9.17, 15) is 23.6 Å². The number of hydrazine groups is 1. The molecule has 0 spiro atoms. The van der Waals surface area contributed by atoms with Gasteiger partial charge in [0.15, 0.2) is 5.78 Å². The minimum atomic E-state index is -1.32. The summed E-state index contributed by atoms with van der Waals surface area (Å²) >= 11 is 25.6. The highest BCUT2D eigenvalue weighted by Crippen LogP contribution is 2.60. The quantitative estimate of drug-likeness (QED) is 0.197. The number of fused-ring (bicyclic) bond motifs is 5. The summed E-state index contributed by atoms with van der Waals surface area (Å²) in [6.45, 7) is 0. The molecule has 1 heterocycles. The average Bonchev–Trinajstić information content (AvgIpc) is 3.51. The molecule has 38 heavy (non-hydrogen) atoms. The second-order valence-corrected chi connectivity index (χ2v) is 12.9. The lowest BCUT2D eigenvalue weighted by atomic mass is 9.81.